The first-order chi connectivity index (χ1) is 9.78. The molecule has 0 radical (unpaired) electrons. The summed E-state index contributed by atoms with van der Waals surface area (Å²) in [7, 11) is 0. The minimum Gasteiger partial charge on any atom is -0.473 e. The molecule has 2 heterocycles. The van der Waals surface area contributed by atoms with Gasteiger partial charge in [0.2, 0.25) is 0 Å². The summed E-state index contributed by atoms with van der Waals surface area (Å²) in [6.07, 6.45) is 1.68. The molecule has 0 amide bonds. The van der Waals surface area contributed by atoms with Gasteiger partial charge in [-0.25, -0.2) is 4.39 Å². The molecule has 3 rings (SSSR count). The Kier molecular flexibility index (Phi) is 3.75. The summed E-state index contributed by atoms with van der Waals surface area (Å²) in [5.74, 6) is 0.234. The van der Waals surface area contributed by atoms with E-state index >= 15 is 0 Å². The van der Waals surface area contributed by atoms with Crippen LogP contribution in [0.3, 0.4) is 0 Å². The third kappa shape index (κ3) is 2.57. The monoisotopic (exact) mass is 280 g/mol. The molecule has 0 spiro atoms. The predicted molar refractivity (Wildman–Crippen MR) is 73.0 cm³/mol. The van der Waals surface area contributed by atoms with Crippen molar-refractivity contribution in [1.29, 1.82) is 0 Å². The molecule has 6 heteroatoms. The lowest BCUT2D eigenvalue weighted by molar-refractivity contribution is 0.122. The maximum Gasteiger partial charge on any atom is 0.165 e. The lowest BCUT2D eigenvalue weighted by Crippen LogP contribution is -2.36. The number of ether oxygens (including phenoxy) is 2. The van der Waals surface area contributed by atoms with Crippen LogP contribution in [0.25, 0.3) is 0 Å². The molecule has 0 aromatic heterocycles. The fourth-order valence-corrected chi connectivity index (χ4v) is 2.37. The summed E-state index contributed by atoms with van der Waals surface area (Å²) in [4.78, 5) is 3.75. The van der Waals surface area contributed by atoms with Crippen molar-refractivity contribution < 1.29 is 19.0 Å². The van der Waals surface area contributed by atoms with Crippen LogP contribution < -0.4 is 9.80 Å². The van der Waals surface area contributed by atoms with E-state index in [2.05, 4.69) is 0 Å². The van der Waals surface area contributed by atoms with Crippen molar-refractivity contribution in [2.75, 3.05) is 49.4 Å². The van der Waals surface area contributed by atoms with Gasteiger partial charge in [-0.1, -0.05) is 0 Å². The van der Waals surface area contributed by atoms with Gasteiger partial charge in [-0.05, 0) is 18.2 Å². The maximum absolute atomic E-state index is 14.2. The van der Waals surface area contributed by atoms with E-state index in [0.717, 1.165) is 0 Å². The van der Waals surface area contributed by atoms with Gasteiger partial charge in [-0.3, -0.25) is 0 Å². The smallest absolute Gasteiger partial charge is 0.165 e. The van der Waals surface area contributed by atoms with Crippen LogP contribution in [0.4, 0.5) is 15.8 Å². The number of benzene rings is 1. The van der Waals surface area contributed by atoms with Crippen LogP contribution in [0.15, 0.2) is 30.2 Å². The molecule has 1 aromatic carbocycles. The second-order valence-corrected chi connectivity index (χ2v) is 4.73. The van der Waals surface area contributed by atoms with E-state index in [0.29, 0.717) is 50.2 Å². The van der Waals surface area contributed by atoms with Gasteiger partial charge < -0.3 is 24.4 Å². The summed E-state index contributed by atoms with van der Waals surface area (Å²) < 4.78 is 24.8. The van der Waals surface area contributed by atoms with Gasteiger partial charge in [0.1, 0.15) is 18.2 Å². The fourth-order valence-electron chi connectivity index (χ4n) is 2.37. The highest BCUT2D eigenvalue weighted by molar-refractivity contribution is 5.59. The van der Waals surface area contributed by atoms with Crippen molar-refractivity contribution in [2.24, 2.45) is 0 Å². The van der Waals surface area contributed by atoms with Crippen molar-refractivity contribution in [3.8, 4) is 0 Å². The number of halogens is 1. The zero-order valence-electron chi connectivity index (χ0n) is 11.1. The zero-order chi connectivity index (χ0) is 13.9. The molecule has 2 aliphatic heterocycles. The molecule has 5 nitrogen and oxygen atoms in total. The van der Waals surface area contributed by atoms with E-state index in [1.807, 2.05) is 11.0 Å². The Bertz CT molecular complexity index is 515. The van der Waals surface area contributed by atoms with Crippen molar-refractivity contribution in [1.82, 2.24) is 0 Å². The van der Waals surface area contributed by atoms with Gasteiger partial charge >= 0.3 is 0 Å². The number of aliphatic hydroxyl groups excluding tert-OH is 1. The van der Waals surface area contributed by atoms with Gasteiger partial charge in [0, 0.05) is 25.0 Å². The molecule has 0 bridgehead atoms. The van der Waals surface area contributed by atoms with E-state index in [9.17, 15) is 4.39 Å². The van der Waals surface area contributed by atoms with Gasteiger partial charge in [0.15, 0.2) is 6.73 Å². The Morgan fingerprint density at radius 2 is 2.05 bits per heavy atom. The van der Waals surface area contributed by atoms with Crippen LogP contribution >= 0.6 is 0 Å². The fraction of sp³-hybridized carbons (Fsp3) is 0.429. The molecule has 0 unspecified atom stereocenters. The molecule has 108 valence electrons. The van der Waals surface area contributed by atoms with Crippen LogP contribution in [0, 0.1) is 5.82 Å². The average molecular weight is 280 g/mol. The van der Waals surface area contributed by atoms with Crippen molar-refractivity contribution >= 4 is 11.4 Å². The van der Waals surface area contributed by atoms with E-state index in [1.165, 1.54) is 6.07 Å². The van der Waals surface area contributed by atoms with Crippen LogP contribution in [-0.2, 0) is 9.47 Å². The third-order valence-corrected chi connectivity index (χ3v) is 3.46. The Labute approximate surface area is 116 Å². The molecule has 1 N–H and O–H groups in total. The maximum atomic E-state index is 14.2. The van der Waals surface area contributed by atoms with Crippen molar-refractivity contribution in [3.63, 3.8) is 0 Å². The predicted octanol–water partition coefficient (Wildman–Crippen LogP) is 1.29. The molecule has 1 saturated heterocycles. The second-order valence-electron chi connectivity index (χ2n) is 4.73. The minimum atomic E-state index is -0.254. The standard InChI is InChI=1S/C14H17FN2O3/c15-13-7-11(17-8-12(9-18)20-10-17)1-2-14(13)16-3-5-19-6-4-16/h1-2,7-8,18H,3-6,9-10H2. The Morgan fingerprint density at radius 3 is 2.70 bits per heavy atom. The average Bonchev–Trinajstić information content (AvgIpc) is 2.97. The van der Waals surface area contributed by atoms with Gasteiger partial charge in [-0.2, -0.15) is 0 Å². The molecule has 1 aromatic rings. The lowest BCUT2D eigenvalue weighted by atomic mass is 10.2. The van der Waals surface area contributed by atoms with Gasteiger partial charge in [0.25, 0.3) is 0 Å². The lowest BCUT2D eigenvalue weighted by Gasteiger charge is -2.29. The highest BCUT2D eigenvalue weighted by atomic mass is 19.1. The highest BCUT2D eigenvalue weighted by Crippen LogP contribution is 2.27. The van der Waals surface area contributed by atoms with E-state index in [-0.39, 0.29) is 12.4 Å². The molecule has 20 heavy (non-hydrogen) atoms. The Hall–Kier alpha value is -1.79. The molecular weight excluding hydrogens is 263 g/mol. The van der Waals surface area contributed by atoms with Crippen LogP contribution in [-0.4, -0.2) is 44.7 Å². The van der Waals surface area contributed by atoms with Crippen LogP contribution in [0.2, 0.25) is 0 Å². The van der Waals surface area contributed by atoms with Crippen LogP contribution in [0.1, 0.15) is 0 Å². The van der Waals surface area contributed by atoms with E-state index in [4.69, 9.17) is 14.6 Å². The number of hydrogen-bond donors (Lipinski definition) is 1. The minimum absolute atomic E-state index is 0.148. The number of nitrogens with zero attached hydrogens (tertiary/aromatic N) is 2. The van der Waals surface area contributed by atoms with Gasteiger partial charge in [0.05, 0.1) is 18.9 Å². The normalized spacial score (nSPS) is 19.0. The Balaban J connectivity index is 1.79. The van der Waals surface area contributed by atoms with Gasteiger partial charge in [-0.15, -0.1) is 0 Å². The molecule has 0 aliphatic carbocycles. The number of hydrogen-bond acceptors (Lipinski definition) is 5. The number of morpholine rings is 1. The number of anilines is 2. The zero-order valence-corrected chi connectivity index (χ0v) is 11.1. The molecule has 2 aliphatic rings. The van der Waals surface area contributed by atoms with E-state index < -0.39 is 0 Å². The van der Waals surface area contributed by atoms with E-state index in [1.54, 1.807) is 17.2 Å². The van der Waals surface area contributed by atoms with Crippen LogP contribution in [0.5, 0.6) is 0 Å². The number of aliphatic hydroxyl groups is 1. The first-order valence-electron chi connectivity index (χ1n) is 6.61. The summed E-state index contributed by atoms with van der Waals surface area (Å²) in [6, 6.07) is 5.12. The highest BCUT2D eigenvalue weighted by Gasteiger charge is 2.18. The summed E-state index contributed by atoms with van der Waals surface area (Å²) >= 11 is 0. The quantitative estimate of drug-likeness (QED) is 0.904. The Morgan fingerprint density at radius 1 is 1.25 bits per heavy atom. The summed E-state index contributed by atoms with van der Waals surface area (Å²) in [5, 5.41) is 8.99. The second kappa shape index (κ2) is 5.68. The molecular formula is C14H17FN2O3. The topological polar surface area (TPSA) is 45.2 Å². The molecule has 0 atom stereocenters. The molecule has 1 fully saturated rings. The third-order valence-electron chi connectivity index (χ3n) is 3.46. The SMILES string of the molecule is OCC1=CN(c2ccc(N3CCOCC3)c(F)c2)CO1. The summed E-state index contributed by atoms with van der Waals surface area (Å²) in [5.41, 5.74) is 1.31. The first kappa shape index (κ1) is 13.2. The van der Waals surface area contributed by atoms with Crippen molar-refractivity contribution in [3.05, 3.63) is 36.0 Å². The largest absolute Gasteiger partial charge is 0.473 e. The summed E-state index contributed by atoms with van der Waals surface area (Å²) in [6.45, 7) is 2.82. The first-order valence-corrected chi connectivity index (χ1v) is 6.61. The van der Waals surface area contributed by atoms with Crippen molar-refractivity contribution in [2.45, 2.75) is 0 Å². The molecule has 0 saturated carbocycles. The number of rotatable bonds is 3.